The van der Waals surface area contributed by atoms with Gasteiger partial charge in [-0.3, -0.25) is 10.1 Å². The third-order valence-electron chi connectivity index (χ3n) is 2.75. The second-order valence-electron chi connectivity index (χ2n) is 4.14. The highest BCUT2D eigenvalue weighted by atomic mass is 16.6. The fraction of sp³-hybridized carbons (Fsp3) is 0.500. The van der Waals surface area contributed by atoms with Crippen LogP contribution >= 0.6 is 0 Å². The van der Waals surface area contributed by atoms with Crippen LogP contribution in [0.5, 0.6) is 0 Å². The van der Waals surface area contributed by atoms with E-state index in [4.69, 9.17) is 5.11 Å². The van der Waals surface area contributed by atoms with Gasteiger partial charge in [-0.2, -0.15) is 0 Å². The van der Waals surface area contributed by atoms with Crippen molar-refractivity contribution in [2.75, 3.05) is 11.9 Å². The third kappa shape index (κ3) is 1.96. The molecule has 0 radical (unpaired) electrons. The van der Waals surface area contributed by atoms with Crippen molar-refractivity contribution in [2.24, 2.45) is 0 Å². The van der Waals surface area contributed by atoms with Crippen LogP contribution in [0.1, 0.15) is 18.5 Å². The van der Waals surface area contributed by atoms with Crippen molar-refractivity contribution in [1.29, 1.82) is 0 Å². The molecule has 0 unspecified atom stereocenters. The minimum Gasteiger partial charge on any atom is -0.394 e. The molecule has 2 N–H and O–H groups in total. The predicted molar refractivity (Wildman–Crippen MR) is 58.3 cm³/mol. The molecule has 1 saturated carbocycles. The van der Waals surface area contributed by atoms with Crippen LogP contribution in [0.3, 0.4) is 0 Å². The monoisotopic (exact) mass is 223 g/mol. The first-order valence-corrected chi connectivity index (χ1v) is 5.07. The van der Waals surface area contributed by atoms with Crippen LogP contribution < -0.4 is 5.32 Å². The molecule has 0 amide bonds. The van der Waals surface area contributed by atoms with Gasteiger partial charge >= 0.3 is 5.69 Å². The summed E-state index contributed by atoms with van der Waals surface area (Å²) < 4.78 is 0. The maximum Gasteiger partial charge on any atom is 0.311 e. The maximum atomic E-state index is 10.8. The number of anilines is 1. The van der Waals surface area contributed by atoms with Crippen LogP contribution in [0.4, 0.5) is 11.5 Å². The van der Waals surface area contributed by atoms with E-state index in [-0.39, 0.29) is 18.1 Å². The van der Waals surface area contributed by atoms with E-state index in [9.17, 15) is 10.1 Å². The van der Waals surface area contributed by atoms with Crippen molar-refractivity contribution < 1.29 is 10.0 Å². The largest absolute Gasteiger partial charge is 0.394 e. The predicted octanol–water partition coefficient (Wildman–Crippen LogP) is 1.24. The molecule has 0 saturated heterocycles. The lowest BCUT2D eigenvalue weighted by molar-refractivity contribution is -0.384. The first-order valence-electron chi connectivity index (χ1n) is 5.07. The summed E-state index contributed by atoms with van der Waals surface area (Å²) in [6.07, 6.45) is 1.63. The minimum absolute atomic E-state index is 0.0280. The number of nitrogens with one attached hydrogen (secondary N) is 1. The maximum absolute atomic E-state index is 10.8. The molecular weight excluding hydrogens is 210 g/mol. The Balaban J connectivity index is 2.31. The van der Waals surface area contributed by atoms with E-state index in [1.54, 1.807) is 13.0 Å². The topological polar surface area (TPSA) is 88.3 Å². The summed E-state index contributed by atoms with van der Waals surface area (Å²) >= 11 is 0. The smallest absolute Gasteiger partial charge is 0.311 e. The average molecular weight is 223 g/mol. The molecule has 1 aromatic rings. The zero-order valence-electron chi connectivity index (χ0n) is 8.93. The van der Waals surface area contributed by atoms with Crippen molar-refractivity contribution in [3.05, 3.63) is 27.9 Å². The van der Waals surface area contributed by atoms with Gasteiger partial charge in [0.25, 0.3) is 0 Å². The van der Waals surface area contributed by atoms with Gasteiger partial charge in [-0.15, -0.1) is 0 Å². The molecule has 0 aromatic carbocycles. The van der Waals surface area contributed by atoms with Gasteiger partial charge < -0.3 is 10.4 Å². The molecule has 0 spiro atoms. The van der Waals surface area contributed by atoms with Gasteiger partial charge in [-0.05, 0) is 25.8 Å². The highest BCUT2D eigenvalue weighted by Gasteiger charge is 2.43. The Morgan fingerprint density at radius 1 is 1.62 bits per heavy atom. The Hall–Kier alpha value is -1.69. The molecule has 2 rings (SSSR count). The zero-order valence-corrected chi connectivity index (χ0v) is 8.93. The molecule has 6 heteroatoms. The van der Waals surface area contributed by atoms with Gasteiger partial charge in [0.1, 0.15) is 0 Å². The molecule has 1 aromatic heterocycles. The first-order chi connectivity index (χ1) is 7.56. The SMILES string of the molecule is Cc1ccc([N+](=O)[O-])c(NC2(CO)CC2)n1. The van der Waals surface area contributed by atoms with E-state index in [2.05, 4.69) is 10.3 Å². The van der Waals surface area contributed by atoms with Gasteiger partial charge in [0.2, 0.25) is 5.82 Å². The number of rotatable bonds is 4. The number of aromatic nitrogens is 1. The van der Waals surface area contributed by atoms with Crippen molar-refractivity contribution >= 4 is 11.5 Å². The standard InChI is InChI=1S/C10H13N3O3/c1-7-2-3-8(13(15)16)9(11-7)12-10(6-14)4-5-10/h2-3,14H,4-6H2,1H3,(H,11,12). The highest BCUT2D eigenvalue weighted by Crippen LogP contribution is 2.39. The molecule has 86 valence electrons. The quantitative estimate of drug-likeness (QED) is 0.592. The Morgan fingerprint density at radius 3 is 2.81 bits per heavy atom. The molecule has 1 heterocycles. The molecule has 0 atom stereocenters. The minimum atomic E-state index is -0.470. The Morgan fingerprint density at radius 2 is 2.31 bits per heavy atom. The highest BCUT2D eigenvalue weighted by molar-refractivity contribution is 5.58. The fourth-order valence-electron chi connectivity index (χ4n) is 1.51. The molecule has 0 aliphatic heterocycles. The number of hydrogen-bond donors (Lipinski definition) is 2. The summed E-state index contributed by atoms with van der Waals surface area (Å²) in [7, 11) is 0. The van der Waals surface area contributed by atoms with E-state index in [1.165, 1.54) is 6.07 Å². The van der Waals surface area contributed by atoms with Crippen molar-refractivity contribution in [3.63, 3.8) is 0 Å². The number of aliphatic hydroxyl groups excluding tert-OH is 1. The molecule has 16 heavy (non-hydrogen) atoms. The molecule has 0 bridgehead atoms. The van der Waals surface area contributed by atoms with E-state index < -0.39 is 10.5 Å². The van der Waals surface area contributed by atoms with Gasteiger partial charge in [-0.25, -0.2) is 4.98 Å². The van der Waals surface area contributed by atoms with Gasteiger partial charge in [0.05, 0.1) is 17.1 Å². The van der Waals surface area contributed by atoms with E-state index in [0.29, 0.717) is 5.69 Å². The summed E-state index contributed by atoms with van der Waals surface area (Å²) in [5.74, 6) is 0.247. The molecule has 1 aliphatic carbocycles. The molecule has 1 fully saturated rings. The van der Waals surface area contributed by atoms with Crippen LogP contribution in [0.2, 0.25) is 0 Å². The third-order valence-corrected chi connectivity index (χ3v) is 2.75. The lowest BCUT2D eigenvalue weighted by atomic mass is 10.2. The lowest BCUT2D eigenvalue weighted by Gasteiger charge is -2.15. The summed E-state index contributed by atoms with van der Waals surface area (Å²) in [6, 6.07) is 3.03. The number of hydrogen-bond acceptors (Lipinski definition) is 5. The second-order valence-corrected chi connectivity index (χ2v) is 4.14. The second kappa shape index (κ2) is 3.71. The lowest BCUT2D eigenvalue weighted by Crippen LogP contribution is -2.26. The van der Waals surface area contributed by atoms with Crippen LogP contribution in [0.25, 0.3) is 0 Å². The van der Waals surface area contributed by atoms with Gasteiger partial charge in [0.15, 0.2) is 0 Å². The molecule has 6 nitrogen and oxygen atoms in total. The van der Waals surface area contributed by atoms with Crippen LogP contribution in [-0.2, 0) is 0 Å². The Kier molecular flexibility index (Phi) is 2.51. The van der Waals surface area contributed by atoms with Crippen LogP contribution in [-0.4, -0.2) is 27.2 Å². The Labute approximate surface area is 92.5 Å². The number of nitro groups is 1. The number of pyridine rings is 1. The number of aliphatic hydroxyl groups is 1. The van der Waals surface area contributed by atoms with E-state index in [1.807, 2.05) is 0 Å². The molecule has 1 aliphatic rings. The van der Waals surface area contributed by atoms with Crippen molar-refractivity contribution in [1.82, 2.24) is 4.98 Å². The van der Waals surface area contributed by atoms with Crippen LogP contribution in [0, 0.1) is 17.0 Å². The summed E-state index contributed by atoms with van der Waals surface area (Å²) in [5.41, 5.74) is 0.262. The van der Waals surface area contributed by atoms with Crippen molar-refractivity contribution in [2.45, 2.75) is 25.3 Å². The van der Waals surface area contributed by atoms with Gasteiger partial charge in [-0.1, -0.05) is 0 Å². The van der Waals surface area contributed by atoms with Gasteiger partial charge in [0, 0.05) is 11.8 Å². The first kappa shape index (κ1) is 10.8. The summed E-state index contributed by atoms with van der Waals surface area (Å²) in [4.78, 5) is 14.4. The normalized spacial score (nSPS) is 16.9. The summed E-state index contributed by atoms with van der Waals surface area (Å²) in [6.45, 7) is 1.74. The van der Waals surface area contributed by atoms with Crippen LogP contribution in [0.15, 0.2) is 12.1 Å². The van der Waals surface area contributed by atoms with E-state index >= 15 is 0 Å². The zero-order chi connectivity index (χ0) is 11.8. The van der Waals surface area contributed by atoms with Crippen molar-refractivity contribution in [3.8, 4) is 0 Å². The summed E-state index contributed by atoms with van der Waals surface area (Å²) in [5, 5.41) is 22.9. The van der Waals surface area contributed by atoms with E-state index in [0.717, 1.165) is 12.8 Å². The molecular formula is C10H13N3O3. The Bertz CT molecular complexity index is 429. The number of nitrogens with zero attached hydrogens (tertiary/aromatic N) is 2. The fourth-order valence-corrected chi connectivity index (χ4v) is 1.51. The average Bonchev–Trinajstić information content (AvgIpc) is 2.98. The number of aryl methyl sites for hydroxylation is 1.